The van der Waals surface area contributed by atoms with Gasteiger partial charge in [-0.25, -0.2) is 4.79 Å². The Kier molecular flexibility index (Phi) is 5.66. The fourth-order valence-corrected chi connectivity index (χ4v) is 3.14. The van der Waals surface area contributed by atoms with Gasteiger partial charge in [0, 0.05) is 32.0 Å². The standard InChI is InChI=1S/C20H25N3O2/c1-23(11-10-19(24)16-6-3-2-4-7-16)20(25)22-14-15-12-17-8-5-9-18(17)21-13-15/h2-4,6-7,12-13,19,24H,5,8-11,14H2,1H3,(H,22,25)/t19-/m1/s1. The van der Waals surface area contributed by atoms with Crippen LogP contribution in [0.25, 0.3) is 0 Å². The molecule has 1 aromatic heterocycles. The van der Waals surface area contributed by atoms with Gasteiger partial charge >= 0.3 is 6.03 Å². The Balaban J connectivity index is 1.44. The third-order valence-electron chi connectivity index (χ3n) is 4.69. The molecule has 0 bridgehead atoms. The molecule has 0 fully saturated rings. The van der Waals surface area contributed by atoms with Crippen LogP contribution in [0.3, 0.4) is 0 Å². The number of amides is 2. The van der Waals surface area contributed by atoms with Crippen LogP contribution in [0.15, 0.2) is 42.6 Å². The van der Waals surface area contributed by atoms with E-state index in [1.165, 1.54) is 17.7 Å². The fraction of sp³-hybridized carbons (Fsp3) is 0.400. The van der Waals surface area contributed by atoms with E-state index in [1.54, 1.807) is 11.9 Å². The zero-order chi connectivity index (χ0) is 17.6. The number of benzene rings is 1. The van der Waals surface area contributed by atoms with Gasteiger partial charge < -0.3 is 15.3 Å². The molecule has 2 amide bonds. The molecular formula is C20H25N3O2. The van der Waals surface area contributed by atoms with Gasteiger partial charge in [0.25, 0.3) is 0 Å². The molecule has 0 aliphatic heterocycles. The smallest absolute Gasteiger partial charge is 0.317 e. The van der Waals surface area contributed by atoms with Crippen molar-refractivity contribution >= 4 is 6.03 Å². The van der Waals surface area contributed by atoms with E-state index >= 15 is 0 Å². The van der Waals surface area contributed by atoms with Crippen LogP contribution in [0.5, 0.6) is 0 Å². The van der Waals surface area contributed by atoms with Crippen LogP contribution in [-0.4, -0.2) is 34.6 Å². The summed E-state index contributed by atoms with van der Waals surface area (Å²) in [6, 6.07) is 11.5. The lowest BCUT2D eigenvalue weighted by molar-refractivity contribution is 0.150. The largest absolute Gasteiger partial charge is 0.388 e. The second-order valence-corrected chi connectivity index (χ2v) is 6.60. The monoisotopic (exact) mass is 339 g/mol. The van der Waals surface area contributed by atoms with Crippen molar-refractivity contribution in [1.29, 1.82) is 0 Å². The van der Waals surface area contributed by atoms with Gasteiger partial charge in [-0.1, -0.05) is 36.4 Å². The number of aliphatic hydroxyl groups excluding tert-OH is 1. The third kappa shape index (κ3) is 4.57. The van der Waals surface area contributed by atoms with Crippen molar-refractivity contribution in [1.82, 2.24) is 15.2 Å². The zero-order valence-electron chi connectivity index (χ0n) is 14.6. The molecule has 1 aliphatic carbocycles. The van der Waals surface area contributed by atoms with E-state index in [-0.39, 0.29) is 6.03 Å². The van der Waals surface area contributed by atoms with Crippen LogP contribution in [-0.2, 0) is 19.4 Å². The fourth-order valence-electron chi connectivity index (χ4n) is 3.14. The molecule has 1 atom stereocenters. The van der Waals surface area contributed by atoms with Crippen LogP contribution in [0.4, 0.5) is 4.79 Å². The molecular weight excluding hydrogens is 314 g/mol. The Morgan fingerprint density at radius 1 is 1.32 bits per heavy atom. The molecule has 5 heteroatoms. The van der Waals surface area contributed by atoms with Gasteiger partial charge in [0.1, 0.15) is 0 Å². The van der Waals surface area contributed by atoms with Gasteiger partial charge in [0.2, 0.25) is 0 Å². The minimum Gasteiger partial charge on any atom is -0.388 e. The van der Waals surface area contributed by atoms with Gasteiger partial charge in [-0.2, -0.15) is 0 Å². The summed E-state index contributed by atoms with van der Waals surface area (Å²) in [6.45, 7) is 0.967. The van der Waals surface area contributed by atoms with E-state index < -0.39 is 6.10 Å². The van der Waals surface area contributed by atoms with Crippen molar-refractivity contribution in [2.45, 2.75) is 38.3 Å². The van der Waals surface area contributed by atoms with E-state index in [9.17, 15) is 9.90 Å². The number of aliphatic hydroxyl groups is 1. The molecule has 25 heavy (non-hydrogen) atoms. The van der Waals surface area contributed by atoms with Crippen LogP contribution in [0.1, 0.15) is 41.3 Å². The lowest BCUT2D eigenvalue weighted by atomic mass is 10.1. The van der Waals surface area contributed by atoms with Gasteiger partial charge in [-0.3, -0.25) is 4.98 Å². The number of hydrogen-bond acceptors (Lipinski definition) is 3. The Morgan fingerprint density at radius 2 is 2.12 bits per heavy atom. The van der Waals surface area contributed by atoms with Crippen molar-refractivity contribution in [3.8, 4) is 0 Å². The highest BCUT2D eigenvalue weighted by atomic mass is 16.3. The number of aryl methyl sites for hydroxylation is 2. The van der Waals surface area contributed by atoms with E-state index in [1.807, 2.05) is 36.5 Å². The molecule has 0 radical (unpaired) electrons. The summed E-state index contributed by atoms with van der Waals surface area (Å²) in [4.78, 5) is 18.3. The molecule has 5 nitrogen and oxygen atoms in total. The first-order valence-corrected chi connectivity index (χ1v) is 8.82. The number of carbonyl (C=O) groups excluding carboxylic acids is 1. The predicted molar refractivity (Wildman–Crippen MR) is 97.1 cm³/mol. The number of fused-ring (bicyclic) bond motifs is 1. The Morgan fingerprint density at radius 3 is 2.92 bits per heavy atom. The van der Waals surface area contributed by atoms with Crippen molar-refractivity contribution in [2.75, 3.05) is 13.6 Å². The van der Waals surface area contributed by atoms with Crippen LogP contribution in [0.2, 0.25) is 0 Å². The Labute approximate surface area is 148 Å². The summed E-state index contributed by atoms with van der Waals surface area (Å²) >= 11 is 0. The maximum atomic E-state index is 12.2. The second-order valence-electron chi connectivity index (χ2n) is 6.60. The summed E-state index contributed by atoms with van der Waals surface area (Å²) in [5.74, 6) is 0. The van der Waals surface area contributed by atoms with Gasteiger partial charge in [0.15, 0.2) is 0 Å². The minimum atomic E-state index is -0.558. The first kappa shape index (κ1) is 17.4. The summed E-state index contributed by atoms with van der Waals surface area (Å²) in [5.41, 5.74) is 4.42. The van der Waals surface area contributed by atoms with E-state index in [2.05, 4.69) is 16.4 Å². The Hall–Kier alpha value is -2.40. The van der Waals surface area contributed by atoms with Crippen LogP contribution in [0, 0.1) is 0 Å². The van der Waals surface area contributed by atoms with E-state index in [0.717, 1.165) is 24.0 Å². The number of aromatic nitrogens is 1. The lowest BCUT2D eigenvalue weighted by Gasteiger charge is -2.20. The number of nitrogens with zero attached hydrogens (tertiary/aromatic N) is 2. The molecule has 2 N–H and O–H groups in total. The Bertz CT molecular complexity index is 718. The molecule has 0 saturated carbocycles. The quantitative estimate of drug-likeness (QED) is 0.850. The van der Waals surface area contributed by atoms with Gasteiger partial charge in [-0.15, -0.1) is 0 Å². The van der Waals surface area contributed by atoms with E-state index in [0.29, 0.717) is 19.5 Å². The minimum absolute atomic E-state index is 0.138. The summed E-state index contributed by atoms with van der Waals surface area (Å²) in [7, 11) is 1.74. The first-order valence-electron chi connectivity index (χ1n) is 8.82. The topological polar surface area (TPSA) is 65.5 Å². The first-order chi connectivity index (χ1) is 12.1. The van der Waals surface area contributed by atoms with E-state index in [4.69, 9.17) is 0 Å². The third-order valence-corrected chi connectivity index (χ3v) is 4.69. The maximum Gasteiger partial charge on any atom is 0.317 e. The maximum absolute atomic E-state index is 12.2. The van der Waals surface area contributed by atoms with Crippen molar-refractivity contribution in [2.24, 2.45) is 0 Å². The molecule has 1 aliphatic rings. The highest BCUT2D eigenvalue weighted by molar-refractivity contribution is 5.73. The molecule has 132 valence electrons. The molecule has 1 aromatic carbocycles. The zero-order valence-corrected chi connectivity index (χ0v) is 14.6. The SMILES string of the molecule is CN(CC[C@@H](O)c1ccccc1)C(=O)NCc1cnc2c(c1)CCC2. The molecule has 3 rings (SSSR count). The van der Waals surface area contributed by atoms with Crippen LogP contribution < -0.4 is 5.32 Å². The molecule has 0 spiro atoms. The number of urea groups is 1. The average Bonchev–Trinajstić information content (AvgIpc) is 3.12. The normalized spacial score (nSPS) is 14.0. The average molecular weight is 339 g/mol. The summed E-state index contributed by atoms with van der Waals surface area (Å²) < 4.78 is 0. The van der Waals surface area contributed by atoms with Crippen molar-refractivity contribution in [3.63, 3.8) is 0 Å². The second kappa shape index (κ2) is 8.12. The number of nitrogens with one attached hydrogen (secondary N) is 1. The number of pyridine rings is 1. The highest BCUT2D eigenvalue weighted by Crippen LogP contribution is 2.20. The molecule has 1 heterocycles. The number of carbonyl (C=O) groups is 1. The molecule has 0 saturated heterocycles. The van der Waals surface area contributed by atoms with Crippen molar-refractivity contribution in [3.05, 3.63) is 65.0 Å². The molecule has 2 aromatic rings. The molecule has 0 unspecified atom stereocenters. The summed E-state index contributed by atoms with van der Waals surface area (Å²) in [6.07, 6.45) is 5.12. The number of hydrogen-bond donors (Lipinski definition) is 2. The van der Waals surface area contributed by atoms with Gasteiger partial charge in [-0.05, 0) is 42.4 Å². The van der Waals surface area contributed by atoms with Crippen molar-refractivity contribution < 1.29 is 9.90 Å². The summed E-state index contributed by atoms with van der Waals surface area (Å²) in [5, 5.41) is 13.1. The van der Waals surface area contributed by atoms with Crippen LogP contribution >= 0.6 is 0 Å². The van der Waals surface area contributed by atoms with Gasteiger partial charge in [0.05, 0.1) is 6.10 Å². The lowest BCUT2D eigenvalue weighted by Crippen LogP contribution is -2.37. The predicted octanol–water partition coefficient (Wildman–Crippen LogP) is 2.84. The highest BCUT2D eigenvalue weighted by Gasteiger charge is 2.14. The number of rotatable bonds is 6.